The Morgan fingerprint density at radius 1 is 1.50 bits per heavy atom. The number of carbonyl (C=O) groups excluding carboxylic acids is 1. The van der Waals surface area contributed by atoms with Gasteiger partial charge in [0.2, 0.25) is 5.91 Å². The average molecular weight is 371 g/mol. The SMILES string of the molecule is CCCC(N)C(=O)Nc1ccc(Cl)c(-n2nnnc2C2CC2)c1.Cl. The third kappa shape index (κ3) is 4.03. The summed E-state index contributed by atoms with van der Waals surface area (Å²) in [5, 5.41) is 15.2. The van der Waals surface area contributed by atoms with Gasteiger partial charge in [0.15, 0.2) is 5.82 Å². The van der Waals surface area contributed by atoms with Crippen LogP contribution < -0.4 is 11.1 Å². The van der Waals surface area contributed by atoms with Crippen molar-refractivity contribution in [3.05, 3.63) is 29.0 Å². The third-order valence-corrected chi connectivity index (χ3v) is 4.13. The minimum Gasteiger partial charge on any atom is -0.325 e. The largest absolute Gasteiger partial charge is 0.325 e. The van der Waals surface area contributed by atoms with E-state index in [1.807, 2.05) is 6.92 Å². The van der Waals surface area contributed by atoms with Crippen molar-refractivity contribution in [2.45, 2.75) is 44.6 Å². The molecular formula is C15H20Cl2N6O. The summed E-state index contributed by atoms with van der Waals surface area (Å²) in [4.78, 5) is 12.1. The molecule has 1 heterocycles. The summed E-state index contributed by atoms with van der Waals surface area (Å²) in [6.07, 6.45) is 3.67. The molecule has 130 valence electrons. The average Bonchev–Trinajstić information content (AvgIpc) is 3.27. The highest BCUT2D eigenvalue weighted by Crippen LogP contribution is 2.39. The molecule has 24 heavy (non-hydrogen) atoms. The first-order valence-electron chi connectivity index (χ1n) is 7.74. The van der Waals surface area contributed by atoms with Crippen LogP contribution in [-0.2, 0) is 4.79 Å². The van der Waals surface area contributed by atoms with Gasteiger partial charge in [0.25, 0.3) is 0 Å². The molecule has 1 fully saturated rings. The smallest absolute Gasteiger partial charge is 0.241 e. The quantitative estimate of drug-likeness (QED) is 0.814. The van der Waals surface area contributed by atoms with Crippen molar-refractivity contribution < 1.29 is 4.79 Å². The predicted octanol–water partition coefficient (Wildman–Crippen LogP) is 2.68. The van der Waals surface area contributed by atoms with E-state index in [1.165, 1.54) is 0 Å². The molecule has 0 spiro atoms. The minimum atomic E-state index is -0.519. The highest BCUT2D eigenvalue weighted by atomic mass is 35.5. The van der Waals surface area contributed by atoms with Gasteiger partial charge in [-0.25, -0.2) is 0 Å². The Hall–Kier alpha value is -1.70. The molecule has 1 aliphatic rings. The number of halogens is 2. The van der Waals surface area contributed by atoms with Crippen molar-refractivity contribution >= 4 is 35.6 Å². The molecule has 0 saturated heterocycles. The number of hydrogen-bond donors (Lipinski definition) is 2. The van der Waals surface area contributed by atoms with Crippen molar-refractivity contribution in [1.29, 1.82) is 0 Å². The van der Waals surface area contributed by atoms with E-state index in [-0.39, 0.29) is 18.3 Å². The first kappa shape index (κ1) is 18.6. The molecule has 1 atom stereocenters. The Balaban J connectivity index is 0.00000208. The molecule has 1 amide bonds. The van der Waals surface area contributed by atoms with Crippen LogP contribution in [0.15, 0.2) is 18.2 Å². The summed E-state index contributed by atoms with van der Waals surface area (Å²) in [7, 11) is 0. The number of aromatic nitrogens is 4. The number of benzene rings is 1. The lowest BCUT2D eigenvalue weighted by atomic mass is 10.1. The van der Waals surface area contributed by atoms with Crippen LogP contribution in [0.3, 0.4) is 0 Å². The van der Waals surface area contributed by atoms with Gasteiger partial charge in [-0.05, 0) is 47.9 Å². The molecule has 3 rings (SSSR count). The first-order chi connectivity index (χ1) is 11.1. The normalized spacial score (nSPS) is 14.8. The summed E-state index contributed by atoms with van der Waals surface area (Å²) in [6, 6.07) is 4.70. The molecule has 1 aliphatic carbocycles. The van der Waals surface area contributed by atoms with Crippen LogP contribution >= 0.6 is 24.0 Å². The molecule has 9 heteroatoms. The summed E-state index contributed by atoms with van der Waals surface area (Å²) >= 11 is 6.28. The molecule has 1 saturated carbocycles. The molecule has 1 aromatic carbocycles. The summed E-state index contributed by atoms with van der Waals surface area (Å²) in [5.74, 6) is 0.981. The molecular weight excluding hydrogens is 351 g/mol. The van der Waals surface area contributed by atoms with E-state index >= 15 is 0 Å². The van der Waals surface area contributed by atoms with Gasteiger partial charge >= 0.3 is 0 Å². The van der Waals surface area contributed by atoms with E-state index in [0.717, 1.165) is 25.1 Å². The zero-order valence-corrected chi connectivity index (χ0v) is 14.8. The summed E-state index contributed by atoms with van der Waals surface area (Å²) in [6.45, 7) is 1.99. The van der Waals surface area contributed by atoms with Crippen LogP contribution in [0, 0.1) is 0 Å². The zero-order chi connectivity index (χ0) is 16.4. The van der Waals surface area contributed by atoms with Gasteiger partial charge in [-0.3, -0.25) is 4.79 Å². The lowest BCUT2D eigenvalue weighted by Crippen LogP contribution is -2.35. The molecule has 7 nitrogen and oxygen atoms in total. The van der Waals surface area contributed by atoms with E-state index in [4.69, 9.17) is 17.3 Å². The van der Waals surface area contributed by atoms with Gasteiger partial charge in [0, 0.05) is 11.6 Å². The number of hydrogen-bond acceptors (Lipinski definition) is 5. The van der Waals surface area contributed by atoms with Gasteiger partial charge in [-0.15, -0.1) is 17.5 Å². The number of amides is 1. The maximum atomic E-state index is 12.1. The van der Waals surface area contributed by atoms with E-state index in [0.29, 0.717) is 28.7 Å². The molecule has 0 bridgehead atoms. The van der Waals surface area contributed by atoms with Gasteiger partial charge in [0.05, 0.1) is 16.8 Å². The van der Waals surface area contributed by atoms with Crippen LogP contribution in [0.1, 0.15) is 44.3 Å². The number of carbonyl (C=O) groups is 1. The summed E-state index contributed by atoms with van der Waals surface area (Å²) in [5.41, 5.74) is 7.11. The number of rotatable bonds is 6. The lowest BCUT2D eigenvalue weighted by molar-refractivity contribution is -0.117. The Labute approximate surface area is 151 Å². The van der Waals surface area contributed by atoms with Gasteiger partial charge in [0.1, 0.15) is 0 Å². The molecule has 0 radical (unpaired) electrons. The van der Waals surface area contributed by atoms with E-state index in [1.54, 1.807) is 22.9 Å². The zero-order valence-electron chi connectivity index (χ0n) is 13.3. The van der Waals surface area contributed by atoms with Gasteiger partial charge in [-0.2, -0.15) is 4.68 Å². The fourth-order valence-electron chi connectivity index (χ4n) is 2.39. The Kier molecular flexibility index (Phi) is 6.15. The van der Waals surface area contributed by atoms with Crippen molar-refractivity contribution in [2.75, 3.05) is 5.32 Å². The predicted molar refractivity (Wildman–Crippen MR) is 94.9 cm³/mol. The van der Waals surface area contributed by atoms with Crippen LogP contribution in [0.4, 0.5) is 5.69 Å². The molecule has 0 aliphatic heterocycles. The number of nitrogens with one attached hydrogen (secondary N) is 1. The monoisotopic (exact) mass is 370 g/mol. The Bertz CT molecular complexity index is 716. The number of tetrazole rings is 1. The van der Waals surface area contributed by atoms with Crippen molar-refractivity contribution in [2.24, 2.45) is 5.73 Å². The maximum Gasteiger partial charge on any atom is 0.241 e. The Morgan fingerprint density at radius 3 is 2.92 bits per heavy atom. The van der Waals surface area contributed by atoms with Crippen LogP contribution in [0.5, 0.6) is 0 Å². The topological polar surface area (TPSA) is 98.7 Å². The van der Waals surface area contributed by atoms with Crippen molar-refractivity contribution in [1.82, 2.24) is 20.2 Å². The Morgan fingerprint density at radius 2 is 2.25 bits per heavy atom. The second kappa shape index (κ2) is 7.92. The molecule has 1 aromatic heterocycles. The third-order valence-electron chi connectivity index (χ3n) is 3.81. The molecule has 3 N–H and O–H groups in total. The first-order valence-corrected chi connectivity index (χ1v) is 8.12. The molecule has 2 aromatic rings. The standard InChI is InChI=1S/C15H19ClN6O.ClH/c1-2-3-12(17)15(23)18-10-6-7-11(16)13(8-10)22-14(9-4-5-9)19-20-21-22;/h6-9,12H,2-5,17H2,1H3,(H,18,23);1H. The van der Waals surface area contributed by atoms with Crippen LogP contribution in [-0.4, -0.2) is 32.2 Å². The fraction of sp³-hybridized carbons (Fsp3) is 0.467. The number of nitrogens with zero attached hydrogens (tertiary/aromatic N) is 4. The van der Waals surface area contributed by atoms with Crippen LogP contribution in [0.2, 0.25) is 5.02 Å². The van der Waals surface area contributed by atoms with E-state index in [9.17, 15) is 4.79 Å². The highest BCUT2D eigenvalue weighted by Gasteiger charge is 2.30. The van der Waals surface area contributed by atoms with E-state index in [2.05, 4.69) is 20.8 Å². The van der Waals surface area contributed by atoms with E-state index < -0.39 is 6.04 Å². The minimum absolute atomic E-state index is 0. The van der Waals surface area contributed by atoms with Gasteiger partial charge in [-0.1, -0.05) is 24.9 Å². The second-order valence-electron chi connectivity index (χ2n) is 5.77. The fourth-order valence-corrected chi connectivity index (χ4v) is 2.59. The second-order valence-corrected chi connectivity index (χ2v) is 6.18. The van der Waals surface area contributed by atoms with Gasteiger partial charge < -0.3 is 11.1 Å². The number of nitrogens with two attached hydrogens (primary N) is 1. The number of anilines is 1. The van der Waals surface area contributed by atoms with Crippen molar-refractivity contribution in [3.8, 4) is 5.69 Å². The maximum absolute atomic E-state index is 12.1. The summed E-state index contributed by atoms with van der Waals surface area (Å²) < 4.78 is 1.64. The highest BCUT2D eigenvalue weighted by molar-refractivity contribution is 6.32. The molecule has 1 unspecified atom stereocenters. The van der Waals surface area contributed by atoms with Crippen molar-refractivity contribution in [3.63, 3.8) is 0 Å². The lowest BCUT2D eigenvalue weighted by Gasteiger charge is -2.13. The van der Waals surface area contributed by atoms with Crippen LogP contribution in [0.25, 0.3) is 5.69 Å².